The molecule has 0 aromatic heterocycles. The summed E-state index contributed by atoms with van der Waals surface area (Å²) < 4.78 is 0. The van der Waals surface area contributed by atoms with Crippen molar-refractivity contribution in [1.82, 2.24) is 0 Å². The Hall–Kier alpha value is -1.14. The molecular formula is C20H27NO2. The predicted molar refractivity (Wildman–Crippen MR) is 87.3 cm³/mol. The minimum atomic E-state index is -1.14. The zero-order chi connectivity index (χ0) is 16.5. The highest BCUT2D eigenvalue weighted by atomic mass is 16.3. The van der Waals surface area contributed by atoms with E-state index in [1.54, 1.807) is 0 Å². The first-order chi connectivity index (χ1) is 10.8. The van der Waals surface area contributed by atoms with Crippen molar-refractivity contribution in [1.29, 1.82) is 5.26 Å². The summed E-state index contributed by atoms with van der Waals surface area (Å²) in [6.07, 6.45) is 9.42. The third kappa shape index (κ3) is 1.82. The second-order valence-corrected chi connectivity index (χ2v) is 8.94. The molecule has 0 aliphatic heterocycles. The van der Waals surface area contributed by atoms with Gasteiger partial charge in [0.15, 0.2) is 11.4 Å². The first-order valence-corrected chi connectivity index (χ1v) is 9.22. The minimum absolute atomic E-state index is 0.172. The number of hydrogen-bond acceptors (Lipinski definition) is 3. The highest BCUT2D eigenvalue weighted by Gasteiger charge is 2.64. The number of allylic oxidation sites excluding steroid dienone is 1. The number of nitrogens with zero attached hydrogens (tertiary/aromatic N) is 1. The quantitative estimate of drug-likeness (QED) is 0.692. The number of nitriles is 1. The van der Waals surface area contributed by atoms with Crippen molar-refractivity contribution >= 4 is 5.78 Å². The number of aliphatic hydroxyl groups is 1. The molecule has 0 saturated heterocycles. The highest BCUT2D eigenvalue weighted by molar-refractivity contribution is 5.91. The molecule has 0 spiro atoms. The summed E-state index contributed by atoms with van der Waals surface area (Å²) >= 11 is 0. The molecule has 4 aliphatic carbocycles. The van der Waals surface area contributed by atoms with Crippen molar-refractivity contribution in [3.63, 3.8) is 0 Å². The Morgan fingerprint density at radius 3 is 2.61 bits per heavy atom. The molecule has 0 aromatic rings. The number of ketones is 1. The molecule has 0 bridgehead atoms. The molecule has 23 heavy (non-hydrogen) atoms. The standard InChI is InChI=1S/C20H27NO2/c1-18-8-5-14(22)11-13(18)3-4-15-16(18)6-9-19(2)17(15)7-10-20(19,23)12-21/h11,15-17,23H,3-10H2,1-2H3/t15-,16+,17-,18+,19+,20-/m1/s1. The Kier molecular flexibility index (Phi) is 3.14. The SMILES string of the molecule is C[C@]12CCC(=O)C=C1CC[C@H]1[C@H]3CC[C@@](O)(C#N)[C@@]3(C)CC[C@@H]12. The summed E-state index contributed by atoms with van der Waals surface area (Å²) in [4.78, 5) is 11.8. The monoisotopic (exact) mass is 313 g/mol. The van der Waals surface area contributed by atoms with Crippen LogP contribution >= 0.6 is 0 Å². The van der Waals surface area contributed by atoms with E-state index in [2.05, 4.69) is 19.9 Å². The fourth-order valence-corrected chi connectivity index (χ4v) is 6.76. The lowest BCUT2D eigenvalue weighted by Crippen LogP contribution is -2.54. The van der Waals surface area contributed by atoms with Gasteiger partial charge in [-0.25, -0.2) is 0 Å². The molecule has 0 aromatic carbocycles. The lowest BCUT2D eigenvalue weighted by molar-refractivity contribution is -0.119. The summed E-state index contributed by atoms with van der Waals surface area (Å²) in [6.45, 7) is 4.53. The van der Waals surface area contributed by atoms with Gasteiger partial charge < -0.3 is 5.11 Å². The van der Waals surface area contributed by atoms with E-state index in [4.69, 9.17) is 0 Å². The van der Waals surface area contributed by atoms with Crippen LogP contribution in [0.5, 0.6) is 0 Å². The number of carbonyl (C=O) groups excluding carboxylic acids is 1. The molecule has 4 rings (SSSR count). The van der Waals surface area contributed by atoms with Gasteiger partial charge in [0.1, 0.15) is 0 Å². The van der Waals surface area contributed by atoms with Crippen molar-refractivity contribution in [2.75, 3.05) is 0 Å². The summed E-state index contributed by atoms with van der Waals surface area (Å²) in [6, 6.07) is 2.25. The van der Waals surface area contributed by atoms with Crippen LogP contribution < -0.4 is 0 Å². The van der Waals surface area contributed by atoms with Gasteiger partial charge in [-0.3, -0.25) is 4.79 Å². The Labute approximate surface area is 138 Å². The van der Waals surface area contributed by atoms with Gasteiger partial charge in [0.05, 0.1) is 6.07 Å². The van der Waals surface area contributed by atoms with E-state index in [9.17, 15) is 15.2 Å². The first kappa shape index (κ1) is 15.4. The van der Waals surface area contributed by atoms with E-state index in [0.717, 1.165) is 38.5 Å². The van der Waals surface area contributed by atoms with Gasteiger partial charge >= 0.3 is 0 Å². The molecule has 124 valence electrons. The second-order valence-electron chi connectivity index (χ2n) is 8.94. The van der Waals surface area contributed by atoms with Crippen LogP contribution in [0.2, 0.25) is 0 Å². The molecule has 0 amide bonds. The molecule has 3 nitrogen and oxygen atoms in total. The van der Waals surface area contributed by atoms with Crippen LogP contribution in [-0.2, 0) is 4.79 Å². The molecule has 1 N–H and O–H groups in total. The highest BCUT2D eigenvalue weighted by Crippen LogP contribution is 2.67. The van der Waals surface area contributed by atoms with Crippen molar-refractivity contribution < 1.29 is 9.90 Å². The molecule has 4 aliphatic rings. The van der Waals surface area contributed by atoms with E-state index in [1.165, 1.54) is 5.57 Å². The third-order valence-electron chi connectivity index (χ3n) is 8.30. The van der Waals surface area contributed by atoms with Crippen LogP contribution in [0, 0.1) is 39.9 Å². The van der Waals surface area contributed by atoms with Crippen molar-refractivity contribution in [3.8, 4) is 6.07 Å². The summed E-state index contributed by atoms with van der Waals surface area (Å²) in [5.41, 5.74) is 0.172. The van der Waals surface area contributed by atoms with Crippen LogP contribution in [0.1, 0.15) is 65.2 Å². The van der Waals surface area contributed by atoms with Gasteiger partial charge in [-0.15, -0.1) is 0 Å². The van der Waals surface area contributed by atoms with E-state index >= 15 is 0 Å². The van der Waals surface area contributed by atoms with Gasteiger partial charge in [0, 0.05) is 11.8 Å². The molecule has 0 radical (unpaired) electrons. The van der Waals surface area contributed by atoms with Crippen LogP contribution in [0.25, 0.3) is 0 Å². The number of carbonyl (C=O) groups is 1. The van der Waals surface area contributed by atoms with Crippen molar-refractivity contribution in [3.05, 3.63) is 11.6 Å². The Morgan fingerprint density at radius 1 is 1.13 bits per heavy atom. The smallest absolute Gasteiger partial charge is 0.156 e. The lowest BCUT2D eigenvalue weighted by Gasteiger charge is -2.58. The molecule has 3 heteroatoms. The third-order valence-corrected chi connectivity index (χ3v) is 8.30. The van der Waals surface area contributed by atoms with E-state index in [-0.39, 0.29) is 10.8 Å². The normalized spacial score (nSPS) is 52.0. The molecule has 3 saturated carbocycles. The summed E-state index contributed by atoms with van der Waals surface area (Å²) in [5.74, 6) is 1.99. The maximum Gasteiger partial charge on any atom is 0.156 e. The molecule has 3 fully saturated rings. The largest absolute Gasteiger partial charge is 0.375 e. The zero-order valence-electron chi connectivity index (χ0n) is 14.3. The van der Waals surface area contributed by atoms with Crippen LogP contribution in [0.4, 0.5) is 0 Å². The summed E-state index contributed by atoms with van der Waals surface area (Å²) in [5, 5.41) is 20.4. The average Bonchev–Trinajstić information content (AvgIpc) is 2.80. The van der Waals surface area contributed by atoms with E-state index < -0.39 is 5.60 Å². The topological polar surface area (TPSA) is 61.1 Å². The van der Waals surface area contributed by atoms with Crippen molar-refractivity contribution in [2.45, 2.75) is 70.8 Å². The van der Waals surface area contributed by atoms with Gasteiger partial charge in [0.25, 0.3) is 0 Å². The second kappa shape index (κ2) is 4.70. The van der Waals surface area contributed by atoms with Gasteiger partial charge in [-0.1, -0.05) is 19.4 Å². The Balaban J connectivity index is 1.70. The Bertz CT molecular complexity index is 632. The average molecular weight is 313 g/mol. The number of hydrogen-bond donors (Lipinski definition) is 1. The van der Waals surface area contributed by atoms with Gasteiger partial charge in [-0.2, -0.15) is 5.26 Å². The molecule has 0 heterocycles. The maximum atomic E-state index is 11.8. The van der Waals surface area contributed by atoms with E-state index in [0.29, 0.717) is 36.4 Å². The zero-order valence-corrected chi connectivity index (χ0v) is 14.3. The fourth-order valence-electron chi connectivity index (χ4n) is 6.76. The van der Waals surface area contributed by atoms with Crippen molar-refractivity contribution in [2.24, 2.45) is 28.6 Å². The fraction of sp³-hybridized carbons (Fsp3) is 0.800. The van der Waals surface area contributed by atoms with Crippen LogP contribution in [0.3, 0.4) is 0 Å². The minimum Gasteiger partial charge on any atom is -0.375 e. The summed E-state index contributed by atoms with van der Waals surface area (Å²) in [7, 11) is 0. The number of rotatable bonds is 0. The van der Waals surface area contributed by atoms with E-state index in [1.807, 2.05) is 6.08 Å². The van der Waals surface area contributed by atoms with Crippen LogP contribution in [0.15, 0.2) is 11.6 Å². The lowest BCUT2D eigenvalue weighted by atomic mass is 9.46. The molecular weight excluding hydrogens is 286 g/mol. The number of fused-ring (bicyclic) bond motifs is 5. The van der Waals surface area contributed by atoms with Crippen LogP contribution in [-0.4, -0.2) is 16.5 Å². The molecule has 6 atom stereocenters. The van der Waals surface area contributed by atoms with Gasteiger partial charge in [0.2, 0.25) is 0 Å². The first-order valence-electron chi connectivity index (χ1n) is 9.22. The molecule has 0 unspecified atom stereocenters. The maximum absolute atomic E-state index is 11.8. The Morgan fingerprint density at radius 2 is 1.87 bits per heavy atom. The van der Waals surface area contributed by atoms with Gasteiger partial charge in [-0.05, 0) is 74.2 Å². The predicted octanol–water partition coefficient (Wildman–Crippen LogP) is 3.77.